The van der Waals surface area contributed by atoms with Gasteiger partial charge in [-0.15, -0.1) is 0 Å². The lowest BCUT2D eigenvalue weighted by atomic mass is 10.3. The van der Waals surface area contributed by atoms with Gasteiger partial charge in [-0.05, 0) is 40.1 Å². The molecule has 110 valence electrons. The van der Waals surface area contributed by atoms with Gasteiger partial charge in [0.2, 0.25) is 5.95 Å². The second kappa shape index (κ2) is 8.27. The second-order valence-corrected chi connectivity index (χ2v) is 4.72. The van der Waals surface area contributed by atoms with Gasteiger partial charge in [-0.3, -0.25) is 0 Å². The fraction of sp³-hybridized carbons (Fsp3) is 0.500. The largest absolute Gasteiger partial charge is 0.478 e. The van der Waals surface area contributed by atoms with Crippen molar-refractivity contribution in [3.05, 3.63) is 24.0 Å². The average molecular weight is 278 g/mol. The Bertz CT molecular complexity index is 443. The Labute approximate surface area is 119 Å². The molecule has 0 aliphatic rings. The predicted octanol–water partition coefficient (Wildman–Crippen LogP) is 1.35. The average Bonchev–Trinajstić information content (AvgIpc) is 2.42. The summed E-state index contributed by atoms with van der Waals surface area (Å²) in [5.41, 5.74) is 0.681. The SMILES string of the molecule is CCN(CCCN(C)C)c1ncc(/C=C/C(=O)O)cn1. The number of carboxylic acid groups (broad SMARTS) is 1. The van der Waals surface area contributed by atoms with Crippen LogP contribution in [0.3, 0.4) is 0 Å². The number of nitrogens with zero attached hydrogens (tertiary/aromatic N) is 4. The Morgan fingerprint density at radius 1 is 1.30 bits per heavy atom. The highest BCUT2D eigenvalue weighted by molar-refractivity contribution is 5.85. The van der Waals surface area contributed by atoms with Gasteiger partial charge in [0.05, 0.1) is 0 Å². The lowest BCUT2D eigenvalue weighted by molar-refractivity contribution is -0.131. The first-order chi connectivity index (χ1) is 9.52. The molecule has 1 aromatic heterocycles. The van der Waals surface area contributed by atoms with Crippen LogP contribution in [0, 0.1) is 0 Å². The Morgan fingerprint density at radius 3 is 2.45 bits per heavy atom. The van der Waals surface area contributed by atoms with E-state index in [9.17, 15) is 4.79 Å². The van der Waals surface area contributed by atoms with Crippen molar-refractivity contribution in [1.29, 1.82) is 0 Å². The summed E-state index contributed by atoms with van der Waals surface area (Å²) in [6.45, 7) is 4.84. The highest BCUT2D eigenvalue weighted by Crippen LogP contribution is 2.08. The summed E-state index contributed by atoms with van der Waals surface area (Å²) in [6.07, 6.45) is 6.87. The molecule has 0 aliphatic carbocycles. The summed E-state index contributed by atoms with van der Waals surface area (Å²) in [5, 5.41) is 8.56. The van der Waals surface area contributed by atoms with E-state index in [1.807, 2.05) is 0 Å². The maximum atomic E-state index is 10.4. The third-order valence-corrected chi connectivity index (χ3v) is 2.77. The summed E-state index contributed by atoms with van der Waals surface area (Å²) >= 11 is 0. The molecule has 0 amide bonds. The van der Waals surface area contributed by atoms with Crippen molar-refractivity contribution in [2.45, 2.75) is 13.3 Å². The fourth-order valence-corrected chi connectivity index (χ4v) is 1.73. The van der Waals surface area contributed by atoms with Crippen LogP contribution >= 0.6 is 0 Å². The van der Waals surface area contributed by atoms with Crippen molar-refractivity contribution >= 4 is 18.0 Å². The fourth-order valence-electron chi connectivity index (χ4n) is 1.73. The van der Waals surface area contributed by atoms with Crippen LogP contribution in [0.5, 0.6) is 0 Å². The Balaban J connectivity index is 2.62. The molecule has 6 heteroatoms. The van der Waals surface area contributed by atoms with Crippen molar-refractivity contribution in [2.75, 3.05) is 38.6 Å². The molecule has 0 unspecified atom stereocenters. The molecular formula is C14H22N4O2. The molecule has 6 nitrogen and oxygen atoms in total. The smallest absolute Gasteiger partial charge is 0.328 e. The molecule has 0 fully saturated rings. The van der Waals surface area contributed by atoms with Crippen molar-refractivity contribution in [3.63, 3.8) is 0 Å². The normalized spacial score (nSPS) is 11.2. The Hall–Kier alpha value is -1.95. The van der Waals surface area contributed by atoms with E-state index in [1.165, 1.54) is 6.08 Å². The van der Waals surface area contributed by atoms with Gasteiger partial charge in [0.25, 0.3) is 0 Å². The monoisotopic (exact) mass is 278 g/mol. The van der Waals surface area contributed by atoms with E-state index in [0.717, 1.165) is 32.1 Å². The van der Waals surface area contributed by atoms with Gasteiger partial charge in [-0.25, -0.2) is 14.8 Å². The van der Waals surface area contributed by atoms with E-state index in [-0.39, 0.29) is 0 Å². The van der Waals surface area contributed by atoms with Crippen molar-refractivity contribution in [2.24, 2.45) is 0 Å². The molecule has 0 radical (unpaired) electrons. The van der Waals surface area contributed by atoms with Crippen molar-refractivity contribution in [1.82, 2.24) is 14.9 Å². The minimum Gasteiger partial charge on any atom is -0.478 e. The first-order valence-corrected chi connectivity index (χ1v) is 6.65. The molecule has 1 N–H and O–H groups in total. The zero-order valence-electron chi connectivity index (χ0n) is 12.3. The van der Waals surface area contributed by atoms with Crippen LogP contribution in [0.25, 0.3) is 6.08 Å². The number of hydrogen-bond donors (Lipinski definition) is 1. The zero-order valence-corrected chi connectivity index (χ0v) is 12.3. The van der Waals surface area contributed by atoms with E-state index in [4.69, 9.17) is 5.11 Å². The van der Waals surface area contributed by atoms with Gasteiger partial charge in [0.15, 0.2) is 0 Å². The van der Waals surface area contributed by atoms with E-state index in [2.05, 4.69) is 40.8 Å². The third kappa shape index (κ3) is 5.79. The van der Waals surface area contributed by atoms with Crippen LogP contribution in [-0.4, -0.2) is 59.7 Å². The van der Waals surface area contributed by atoms with Gasteiger partial charge in [-0.2, -0.15) is 0 Å². The molecule has 20 heavy (non-hydrogen) atoms. The second-order valence-electron chi connectivity index (χ2n) is 4.72. The van der Waals surface area contributed by atoms with Gasteiger partial charge >= 0.3 is 5.97 Å². The lowest BCUT2D eigenvalue weighted by Crippen LogP contribution is -2.28. The van der Waals surface area contributed by atoms with Crippen LogP contribution < -0.4 is 4.90 Å². The number of aromatic nitrogens is 2. The molecule has 0 saturated heterocycles. The summed E-state index contributed by atoms with van der Waals surface area (Å²) in [5.74, 6) is -0.299. The number of carboxylic acids is 1. The quantitative estimate of drug-likeness (QED) is 0.724. The molecule has 0 bridgehead atoms. The van der Waals surface area contributed by atoms with Crippen molar-refractivity contribution in [3.8, 4) is 0 Å². The summed E-state index contributed by atoms with van der Waals surface area (Å²) in [6, 6.07) is 0. The molecule has 0 aromatic carbocycles. The molecule has 1 rings (SSSR count). The molecular weight excluding hydrogens is 256 g/mol. The number of carbonyl (C=O) groups is 1. The number of anilines is 1. The topological polar surface area (TPSA) is 69.6 Å². The van der Waals surface area contributed by atoms with E-state index >= 15 is 0 Å². The molecule has 1 heterocycles. The first-order valence-electron chi connectivity index (χ1n) is 6.65. The van der Waals surface area contributed by atoms with E-state index in [1.54, 1.807) is 12.4 Å². The van der Waals surface area contributed by atoms with Crippen molar-refractivity contribution < 1.29 is 9.90 Å². The number of hydrogen-bond acceptors (Lipinski definition) is 5. The van der Waals surface area contributed by atoms with Gasteiger partial charge in [-0.1, -0.05) is 0 Å². The van der Waals surface area contributed by atoms with Crippen LogP contribution in [0.2, 0.25) is 0 Å². The van der Waals surface area contributed by atoms with Gasteiger partial charge in [0, 0.05) is 37.1 Å². The standard InChI is InChI=1S/C14H22N4O2/c1-4-18(9-5-8-17(2)3)14-15-10-12(11-16-14)6-7-13(19)20/h6-7,10-11H,4-5,8-9H2,1-3H3,(H,19,20)/b7-6+. The molecule has 0 atom stereocenters. The predicted molar refractivity (Wildman–Crippen MR) is 79.8 cm³/mol. The highest BCUT2D eigenvalue weighted by atomic mass is 16.4. The maximum Gasteiger partial charge on any atom is 0.328 e. The molecule has 0 aliphatic heterocycles. The Kier molecular flexibility index (Phi) is 6.66. The van der Waals surface area contributed by atoms with Gasteiger partial charge in [0.1, 0.15) is 0 Å². The molecule has 1 aromatic rings. The van der Waals surface area contributed by atoms with Crippen LogP contribution in [-0.2, 0) is 4.79 Å². The molecule has 0 saturated carbocycles. The third-order valence-electron chi connectivity index (χ3n) is 2.77. The Morgan fingerprint density at radius 2 is 1.95 bits per heavy atom. The summed E-state index contributed by atoms with van der Waals surface area (Å²) in [7, 11) is 4.10. The maximum absolute atomic E-state index is 10.4. The number of aliphatic carboxylic acids is 1. The van der Waals surface area contributed by atoms with E-state index in [0.29, 0.717) is 11.5 Å². The zero-order chi connectivity index (χ0) is 15.0. The number of rotatable bonds is 8. The molecule has 0 spiro atoms. The summed E-state index contributed by atoms with van der Waals surface area (Å²) in [4.78, 5) is 23.2. The highest BCUT2D eigenvalue weighted by Gasteiger charge is 2.06. The lowest BCUT2D eigenvalue weighted by Gasteiger charge is -2.21. The van der Waals surface area contributed by atoms with E-state index < -0.39 is 5.97 Å². The summed E-state index contributed by atoms with van der Waals surface area (Å²) < 4.78 is 0. The van der Waals surface area contributed by atoms with Crippen LogP contribution in [0.1, 0.15) is 18.9 Å². The minimum absolute atomic E-state index is 0.679. The van der Waals surface area contributed by atoms with Crippen LogP contribution in [0.4, 0.5) is 5.95 Å². The first kappa shape index (κ1) is 16.1. The van der Waals surface area contributed by atoms with Crippen LogP contribution in [0.15, 0.2) is 18.5 Å². The van der Waals surface area contributed by atoms with Gasteiger partial charge < -0.3 is 14.9 Å². The minimum atomic E-state index is -0.979.